The van der Waals surface area contributed by atoms with Crippen LogP contribution < -0.4 is 16.4 Å². The van der Waals surface area contributed by atoms with Crippen molar-refractivity contribution < 1.29 is 9.59 Å². The SMILES string of the molecule is CNC(=O)C(C)Nc1ncccc1C(N)=O. The smallest absolute Gasteiger partial charge is 0.252 e. The topological polar surface area (TPSA) is 97.1 Å². The Morgan fingerprint density at radius 1 is 1.50 bits per heavy atom. The number of amides is 2. The van der Waals surface area contributed by atoms with Crippen molar-refractivity contribution in [2.24, 2.45) is 5.73 Å². The van der Waals surface area contributed by atoms with E-state index in [1.54, 1.807) is 19.1 Å². The second kappa shape index (κ2) is 5.11. The number of likely N-dealkylation sites (N-methyl/N-ethyl adjacent to an activating group) is 1. The number of nitrogens with two attached hydrogens (primary N) is 1. The number of nitrogens with one attached hydrogen (secondary N) is 2. The van der Waals surface area contributed by atoms with Crippen LogP contribution in [0.5, 0.6) is 0 Å². The maximum atomic E-state index is 11.3. The Bertz CT molecular complexity index is 406. The van der Waals surface area contributed by atoms with Crippen LogP contribution in [0.4, 0.5) is 5.82 Å². The van der Waals surface area contributed by atoms with Crippen LogP contribution >= 0.6 is 0 Å². The molecule has 0 aliphatic rings. The monoisotopic (exact) mass is 222 g/mol. The highest BCUT2D eigenvalue weighted by Crippen LogP contribution is 2.11. The lowest BCUT2D eigenvalue weighted by Gasteiger charge is -2.14. The Morgan fingerprint density at radius 3 is 2.75 bits per heavy atom. The van der Waals surface area contributed by atoms with Gasteiger partial charge in [-0.15, -0.1) is 0 Å². The molecule has 86 valence electrons. The van der Waals surface area contributed by atoms with Gasteiger partial charge in [0.2, 0.25) is 5.91 Å². The lowest BCUT2D eigenvalue weighted by Crippen LogP contribution is -2.36. The lowest BCUT2D eigenvalue weighted by molar-refractivity contribution is -0.121. The maximum Gasteiger partial charge on any atom is 0.252 e. The summed E-state index contributed by atoms with van der Waals surface area (Å²) in [6, 6.07) is 2.67. The molecule has 4 N–H and O–H groups in total. The molecular weight excluding hydrogens is 208 g/mol. The zero-order valence-electron chi connectivity index (χ0n) is 9.15. The van der Waals surface area contributed by atoms with Crippen molar-refractivity contribution >= 4 is 17.6 Å². The van der Waals surface area contributed by atoms with Gasteiger partial charge in [-0.2, -0.15) is 0 Å². The van der Waals surface area contributed by atoms with Crippen LogP contribution in [0.2, 0.25) is 0 Å². The van der Waals surface area contributed by atoms with Gasteiger partial charge in [0.25, 0.3) is 5.91 Å². The highest BCUT2D eigenvalue weighted by molar-refractivity contribution is 5.98. The highest BCUT2D eigenvalue weighted by Gasteiger charge is 2.15. The van der Waals surface area contributed by atoms with Crippen molar-refractivity contribution in [1.29, 1.82) is 0 Å². The molecular formula is C10H14N4O2. The number of rotatable bonds is 4. The van der Waals surface area contributed by atoms with Gasteiger partial charge in [-0.25, -0.2) is 4.98 Å². The summed E-state index contributed by atoms with van der Waals surface area (Å²) in [4.78, 5) is 26.3. The lowest BCUT2D eigenvalue weighted by atomic mass is 10.2. The molecule has 16 heavy (non-hydrogen) atoms. The molecule has 0 aromatic carbocycles. The zero-order valence-corrected chi connectivity index (χ0v) is 9.15. The quantitative estimate of drug-likeness (QED) is 0.653. The molecule has 0 bridgehead atoms. The number of pyridine rings is 1. The summed E-state index contributed by atoms with van der Waals surface area (Å²) in [7, 11) is 1.54. The van der Waals surface area contributed by atoms with Gasteiger partial charge in [-0.1, -0.05) is 0 Å². The molecule has 0 spiro atoms. The number of aromatic nitrogens is 1. The largest absolute Gasteiger partial charge is 0.365 e. The first-order chi connectivity index (χ1) is 7.56. The average Bonchev–Trinajstić information content (AvgIpc) is 2.28. The third kappa shape index (κ3) is 2.69. The zero-order chi connectivity index (χ0) is 12.1. The average molecular weight is 222 g/mol. The van der Waals surface area contributed by atoms with E-state index in [1.807, 2.05) is 0 Å². The molecule has 6 heteroatoms. The number of anilines is 1. The molecule has 0 saturated carbocycles. The normalized spacial score (nSPS) is 11.6. The summed E-state index contributed by atoms with van der Waals surface area (Å²) in [6.07, 6.45) is 1.52. The fourth-order valence-electron chi connectivity index (χ4n) is 1.21. The number of primary amides is 1. The van der Waals surface area contributed by atoms with Crippen LogP contribution in [0, 0.1) is 0 Å². The summed E-state index contributed by atoms with van der Waals surface area (Å²) in [5.41, 5.74) is 5.44. The number of nitrogens with zero attached hydrogens (tertiary/aromatic N) is 1. The van der Waals surface area contributed by atoms with E-state index in [0.717, 1.165) is 0 Å². The molecule has 1 heterocycles. The maximum absolute atomic E-state index is 11.3. The van der Waals surface area contributed by atoms with Gasteiger partial charge in [0, 0.05) is 13.2 Å². The van der Waals surface area contributed by atoms with E-state index < -0.39 is 11.9 Å². The highest BCUT2D eigenvalue weighted by atomic mass is 16.2. The Kier molecular flexibility index (Phi) is 3.82. The van der Waals surface area contributed by atoms with E-state index in [-0.39, 0.29) is 11.5 Å². The minimum absolute atomic E-state index is 0.193. The van der Waals surface area contributed by atoms with Crippen LogP contribution in [-0.2, 0) is 4.79 Å². The summed E-state index contributed by atoms with van der Waals surface area (Å²) < 4.78 is 0. The summed E-state index contributed by atoms with van der Waals surface area (Å²) in [5.74, 6) is -0.466. The molecule has 2 amide bonds. The first-order valence-corrected chi connectivity index (χ1v) is 4.79. The molecule has 0 saturated heterocycles. The molecule has 0 aliphatic heterocycles. The van der Waals surface area contributed by atoms with Crippen LogP contribution in [0.25, 0.3) is 0 Å². The van der Waals surface area contributed by atoms with Crippen LogP contribution in [0.15, 0.2) is 18.3 Å². The van der Waals surface area contributed by atoms with Crippen molar-refractivity contribution in [3.05, 3.63) is 23.9 Å². The molecule has 0 fully saturated rings. The molecule has 1 rings (SSSR count). The first kappa shape index (κ1) is 12.0. The minimum Gasteiger partial charge on any atom is -0.365 e. The van der Waals surface area contributed by atoms with E-state index in [9.17, 15) is 9.59 Å². The van der Waals surface area contributed by atoms with Crippen molar-refractivity contribution in [3.63, 3.8) is 0 Å². The summed E-state index contributed by atoms with van der Waals surface area (Å²) in [5, 5.41) is 5.31. The Hall–Kier alpha value is -2.11. The second-order valence-electron chi connectivity index (χ2n) is 3.24. The minimum atomic E-state index is -0.584. The molecule has 6 nitrogen and oxygen atoms in total. The third-order valence-electron chi connectivity index (χ3n) is 2.07. The van der Waals surface area contributed by atoms with Crippen LogP contribution in [-0.4, -0.2) is 29.9 Å². The fourth-order valence-corrected chi connectivity index (χ4v) is 1.21. The van der Waals surface area contributed by atoms with Crippen molar-refractivity contribution in [1.82, 2.24) is 10.3 Å². The van der Waals surface area contributed by atoms with Crippen molar-refractivity contribution in [3.8, 4) is 0 Å². The predicted octanol–water partition coefficient (Wildman–Crippen LogP) is -0.273. The molecule has 1 aromatic rings. The van der Waals surface area contributed by atoms with E-state index in [0.29, 0.717) is 5.82 Å². The van der Waals surface area contributed by atoms with Gasteiger partial charge in [-0.3, -0.25) is 9.59 Å². The van der Waals surface area contributed by atoms with Crippen LogP contribution in [0.1, 0.15) is 17.3 Å². The van der Waals surface area contributed by atoms with E-state index in [1.165, 1.54) is 13.2 Å². The fraction of sp³-hybridized carbons (Fsp3) is 0.300. The number of carbonyl (C=O) groups excluding carboxylic acids is 2. The Labute approximate surface area is 93.2 Å². The Balaban J connectivity index is 2.88. The first-order valence-electron chi connectivity index (χ1n) is 4.79. The molecule has 0 aliphatic carbocycles. The molecule has 1 atom stereocenters. The number of carbonyl (C=O) groups is 2. The van der Waals surface area contributed by atoms with Gasteiger partial charge in [0.15, 0.2) is 0 Å². The predicted molar refractivity (Wildman–Crippen MR) is 59.9 cm³/mol. The van der Waals surface area contributed by atoms with E-state index in [2.05, 4.69) is 15.6 Å². The van der Waals surface area contributed by atoms with E-state index in [4.69, 9.17) is 5.73 Å². The van der Waals surface area contributed by atoms with Gasteiger partial charge in [0.05, 0.1) is 5.56 Å². The molecule has 1 unspecified atom stereocenters. The Morgan fingerprint density at radius 2 is 2.19 bits per heavy atom. The molecule has 1 aromatic heterocycles. The number of hydrogen-bond acceptors (Lipinski definition) is 4. The van der Waals surface area contributed by atoms with Crippen LogP contribution in [0.3, 0.4) is 0 Å². The third-order valence-corrected chi connectivity index (χ3v) is 2.07. The molecule has 0 radical (unpaired) electrons. The number of hydrogen-bond donors (Lipinski definition) is 3. The summed E-state index contributed by atoms with van der Waals surface area (Å²) in [6.45, 7) is 1.66. The van der Waals surface area contributed by atoms with Crippen molar-refractivity contribution in [2.45, 2.75) is 13.0 Å². The standard InChI is InChI=1S/C10H14N4O2/c1-6(10(16)12-2)14-9-7(8(11)15)4-3-5-13-9/h3-6H,1-2H3,(H2,11,15)(H,12,16)(H,13,14). The summed E-state index contributed by atoms with van der Waals surface area (Å²) >= 11 is 0. The van der Waals surface area contributed by atoms with E-state index >= 15 is 0 Å². The van der Waals surface area contributed by atoms with Gasteiger partial charge in [0.1, 0.15) is 11.9 Å². The van der Waals surface area contributed by atoms with Crippen molar-refractivity contribution in [2.75, 3.05) is 12.4 Å². The van der Waals surface area contributed by atoms with Gasteiger partial charge >= 0.3 is 0 Å². The second-order valence-corrected chi connectivity index (χ2v) is 3.24. The van der Waals surface area contributed by atoms with Gasteiger partial charge in [-0.05, 0) is 19.1 Å². The van der Waals surface area contributed by atoms with Gasteiger partial charge < -0.3 is 16.4 Å².